The summed E-state index contributed by atoms with van der Waals surface area (Å²) in [7, 11) is 0. The smallest absolute Gasteiger partial charge is 0.314 e. The minimum Gasteiger partial charge on any atom is -0.481 e. The minimum absolute atomic E-state index is 0.153. The molecule has 0 spiro atoms. The third kappa shape index (κ3) is 4.39. The molecule has 0 aromatic rings. The molecule has 0 atom stereocenters. The molecule has 5 heteroatoms. The first-order valence-corrected chi connectivity index (χ1v) is 7.83. The number of nitrogens with one attached hydrogen (secondary N) is 2. The lowest BCUT2D eigenvalue weighted by atomic mass is 9.66. The molecule has 2 rings (SSSR count). The van der Waals surface area contributed by atoms with Crippen LogP contribution in [-0.2, 0) is 4.79 Å². The predicted molar refractivity (Wildman–Crippen MR) is 76.5 cm³/mol. The van der Waals surface area contributed by atoms with Crippen molar-refractivity contribution in [2.24, 2.45) is 11.3 Å². The number of aliphatic carboxylic acids is 1. The highest BCUT2D eigenvalue weighted by Gasteiger charge is 2.39. The van der Waals surface area contributed by atoms with E-state index in [0.29, 0.717) is 6.54 Å². The minimum atomic E-state index is -0.770. The monoisotopic (exact) mass is 282 g/mol. The highest BCUT2D eigenvalue weighted by atomic mass is 16.4. The topological polar surface area (TPSA) is 78.4 Å². The molecule has 0 heterocycles. The Balaban J connectivity index is 1.60. The van der Waals surface area contributed by atoms with E-state index in [-0.39, 0.29) is 17.9 Å². The van der Waals surface area contributed by atoms with Gasteiger partial charge in [0.15, 0.2) is 0 Å². The standard InChI is InChI=1S/C15H26N2O3/c18-13(19)10-15(7-3-8-15)11-17-14(20)16-9-6-12-4-1-2-5-12/h12H,1-11H2,(H,18,19)(H2,16,17,20). The van der Waals surface area contributed by atoms with Crippen LogP contribution in [-0.4, -0.2) is 30.2 Å². The van der Waals surface area contributed by atoms with Gasteiger partial charge >= 0.3 is 12.0 Å². The van der Waals surface area contributed by atoms with Gasteiger partial charge in [-0.3, -0.25) is 4.79 Å². The zero-order valence-corrected chi connectivity index (χ0v) is 12.1. The van der Waals surface area contributed by atoms with Crippen LogP contribution in [0, 0.1) is 11.3 Å². The molecule has 2 saturated carbocycles. The summed E-state index contributed by atoms with van der Waals surface area (Å²) in [6.07, 6.45) is 9.35. The molecular weight excluding hydrogens is 256 g/mol. The Morgan fingerprint density at radius 2 is 1.80 bits per heavy atom. The fraction of sp³-hybridized carbons (Fsp3) is 0.867. The van der Waals surface area contributed by atoms with Crippen molar-refractivity contribution in [3.8, 4) is 0 Å². The number of carboxylic acid groups (broad SMARTS) is 1. The Kier molecular flexibility index (Phi) is 5.26. The average Bonchev–Trinajstić information content (AvgIpc) is 2.85. The van der Waals surface area contributed by atoms with E-state index < -0.39 is 5.97 Å². The van der Waals surface area contributed by atoms with E-state index >= 15 is 0 Å². The maximum absolute atomic E-state index is 11.7. The number of urea groups is 1. The Morgan fingerprint density at radius 1 is 1.10 bits per heavy atom. The third-order valence-electron chi connectivity index (χ3n) is 4.88. The van der Waals surface area contributed by atoms with Crippen molar-refractivity contribution >= 4 is 12.0 Å². The number of hydrogen-bond donors (Lipinski definition) is 3. The summed E-state index contributed by atoms with van der Waals surface area (Å²) < 4.78 is 0. The van der Waals surface area contributed by atoms with E-state index in [1.54, 1.807) is 0 Å². The van der Waals surface area contributed by atoms with E-state index in [1.807, 2.05) is 0 Å². The quantitative estimate of drug-likeness (QED) is 0.671. The molecule has 114 valence electrons. The van der Waals surface area contributed by atoms with Crippen LogP contribution in [0.5, 0.6) is 0 Å². The summed E-state index contributed by atoms with van der Waals surface area (Å²) in [5, 5.41) is 14.6. The van der Waals surface area contributed by atoms with Gasteiger partial charge in [-0.25, -0.2) is 4.79 Å². The van der Waals surface area contributed by atoms with Crippen molar-refractivity contribution in [2.45, 2.75) is 57.8 Å². The number of carboxylic acids is 1. The summed E-state index contributed by atoms with van der Waals surface area (Å²) in [5.41, 5.74) is -0.200. The van der Waals surface area contributed by atoms with Gasteiger partial charge < -0.3 is 15.7 Å². The van der Waals surface area contributed by atoms with E-state index in [0.717, 1.165) is 38.1 Å². The fourth-order valence-electron chi connectivity index (χ4n) is 3.43. The first kappa shape index (κ1) is 15.1. The number of amides is 2. The number of carbonyl (C=O) groups is 2. The molecule has 2 aliphatic rings. The average molecular weight is 282 g/mol. The van der Waals surface area contributed by atoms with Crippen LogP contribution in [0.15, 0.2) is 0 Å². The van der Waals surface area contributed by atoms with E-state index in [1.165, 1.54) is 25.7 Å². The molecule has 2 amide bonds. The van der Waals surface area contributed by atoms with Crippen LogP contribution >= 0.6 is 0 Å². The lowest BCUT2D eigenvalue weighted by Gasteiger charge is -2.40. The normalized spacial score (nSPS) is 21.2. The van der Waals surface area contributed by atoms with Gasteiger partial charge in [0.25, 0.3) is 0 Å². The summed E-state index contributed by atoms with van der Waals surface area (Å²) in [4.78, 5) is 22.6. The predicted octanol–water partition coefficient (Wildman–Crippen LogP) is 2.51. The molecule has 2 fully saturated rings. The Morgan fingerprint density at radius 3 is 2.35 bits per heavy atom. The van der Waals surface area contributed by atoms with E-state index in [9.17, 15) is 9.59 Å². The van der Waals surface area contributed by atoms with Gasteiger partial charge in [0.05, 0.1) is 6.42 Å². The SMILES string of the molecule is O=C(O)CC1(CNC(=O)NCCC2CCCC2)CCC1. The molecule has 20 heavy (non-hydrogen) atoms. The lowest BCUT2D eigenvalue weighted by Crippen LogP contribution is -2.46. The molecule has 0 radical (unpaired) electrons. The molecule has 0 unspecified atom stereocenters. The molecule has 0 bridgehead atoms. The van der Waals surface area contributed by atoms with Crippen LogP contribution in [0.4, 0.5) is 4.79 Å². The number of hydrogen-bond acceptors (Lipinski definition) is 2. The molecule has 0 saturated heterocycles. The highest BCUT2D eigenvalue weighted by molar-refractivity contribution is 5.74. The Hall–Kier alpha value is -1.26. The molecule has 0 aromatic carbocycles. The van der Waals surface area contributed by atoms with Gasteiger partial charge in [0, 0.05) is 13.1 Å². The van der Waals surface area contributed by atoms with Crippen molar-refractivity contribution in [3.63, 3.8) is 0 Å². The van der Waals surface area contributed by atoms with Crippen LogP contribution in [0.25, 0.3) is 0 Å². The zero-order valence-electron chi connectivity index (χ0n) is 12.1. The second kappa shape index (κ2) is 6.95. The fourth-order valence-corrected chi connectivity index (χ4v) is 3.43. The van der Waals surface area contributed by atoms with Gasteiger partial charge in [-0.2, -0.15) is 0 Å². The summed E-state index contributed by atoms with van der Waals surface area (Å²) in [6.45, 7) is 1.21. The Labute approximate surface area is 120 Å². The number of rotatable bonds is 7. The third-order valence-corrected chi connectivity index (χ3v) is 4.88. The van der Waals surface area contributed by atoms with E-state index in [4.69, 9.17) is 5.11 Å². The summed E-state index contributed by atoms with van der Waals surface area (Å²) >= 11 is 0. The molecule has 0 aromatic heterocycles. The van der Waals surface area contributed by atoms with Crippen molar-refractivity contribution in [2.75, 3.05) is 13.1 Å². The van der Waals surface area contributed by atoms with Crippen molar-refractivity contribution in [1.82, 2.24) is 10.6 Å². The van der Waals surface area contributed by atoms with Crippen LogP contribution in [0.2, 0.25) is 0 Å². The summed E-state index contributed by atoms with van der Waals surface area (Å²) in [6, 6.07) is -0.153. The van der Waals surface area contributed by atoms with Crippen LogP contribution in [0.3, 0.4) is 0 Å². The first-order valence-electron chi connectivity index (χ1n) is 7.83. The second-order valence-corrected chi connectivity index (χ2v) is 6.47. The van der Waals surface area contributed by atoms with Gasteiger partial charge in [-0.05, 0) is 30.6 Å². The van der Waals surface area contributed by atoms with Crippen LogP contribution in [0.1, 0.15) is 57.8 Å². The highest BCUT2D eigenvalue weighted by Crippen LogP contribution is 2.43. The van der Waals surface area contributed by atoms with Crippen LogP contribution < -0.4 is 10.6 Å². The molecular formula is C15H26N2O3. The van der Waals surface area contributed by atoms with Gasteiger partial charge in [-0.15, -0.1) is 0 Å². The maximum atomic E-state index is 11.7. The molecule has 0 aliphatic heterocycles. The molecule has 5 nitrogen and oxygen atoms in total. The van der Waals surface area contributed by atoms with E-state index in [2.05, 4.69) is 10.6 Å². The first-order chi connectivity index (χ1) is 9.60. The largest absolute Gasteiger partial charge is 0.481 e. The zero-order chi connectivity index (χ0) is 14.4. The van der Waals surface area contributed by atoms with Gasteiger partial charge in [0.2, 0.25) is 0 Å². The van der Waals surface area contributed by atoms with Crippen molar-refractivity contribution in [3.05, 3.63) is 0 Å². The second-order valence-electron chi connectivity index (χ2n) is 6.47. The molecule has 3 N–H and O–H groups in total. The Bertz CT molecular complexity index is 347. The summed E-state index contributed by atoms with van der Waals surface area (Å²) in [5.74, 6) is 0.00780. The van der Waals surface area contributed by atoms with Gasteiger partial charge in [0.1, 0.15) is 0 Å². The molecule has 2 aliphatic carbocycles. The van der Waals surface area contributed by atoms with Crippen molar-refractivity contribution in [1.29, 1.82) is 0 Å². The lowest BCUT2D eigenvalue weighted by molar-refractivity contribution is -0.141. The van der Waals surface area contributed by atoms with Gasteiger partial charge in [-0.1, -0.05) is 32.1 Å². The maximum Gasteiger partial charge on any atom is 0.314 e. The van der Waals surface area contributed by atoms with Crippen molar-refractivity contribution < 1.29 is 14.7 Å². The number of carbonyl (C=O) groups excluding carboxylic acids is 1.